The van der Waals surface area contributed by atoms with E-state index < -0.39 is 29.1 Å². The number of pyridine rings is 1. The average molecular weight is 262 g/mol. The number of carbonyl (C=O) groups is 1. The van der Waals surface area contributed by atoms with Gasteiger partial charge in [-0.25, -0.2) is 9.78 Å². The van der Waals surface area contributed by atoms with Gasteiger partial charge >= 0.3 is 12.1 Å². The summed E-state index contributed by atoms with van der Waals surface area (Å²) < 4.78 is 42.6. The fourth-order valence-corrected chi connectivity index (χ4v) is 1.21. The third kappa shape index (κ3) is 3.35. The molecule has 100 valence electrons. The Kier molecular flexibility index (Phi) is 3.54. The minimum Gasteiger partial charge on any atom is -0.456 e. The number of ether oxygens (including phenoxy) is 1. The van der Waals surface area contributed by atoms with Crippen LogP contribution in [0.15, 0.2) is 12.3 Å². The number of rotatable bonds is 1. The zero-order chi connectivity index (χ0) is 14.1. The van der Waals surface area contributed by atoms with Crippen molar-refractivity contribution >= 4 is 11.7 Å². The normalized spacial score (nSPS) is 12.3. The van der Waals surface area contributed by atoms with E-state index in [2.05, 4.69) is 4.98 Å². The van der Waals surface area contributed by atoms with Crippen molar-refractivity contribution in [2.24, 2.45) is 0 Å². The zero-order valence-electron chi connectivity index (χ0n) is 10.1. The first-order chi connectivity index (χ1) is 8.02. The van der Waals surface area contributed by atoms with Crippen molar-refractivity contribution in [1.82, 2.24) is 4.98 Å². The molecule has 7 heteroatoms. The Labute approximate surface area is 102 Å². The maximum atomic E-state index is 12.5. The van der Waals surface area contributed by atoms with Gasteiger partial charge in [-0.1, -0.05) is 0 Å². The van der Waals surface area contributed by atoms with E-state index >= 15 is 0 Å². The van der Waals surface area contributed by atoms with Gasteiger partial charge in [-0.15, -0.1) is 0 Å². The highest BCUT2D eigenvalue weighted by molar-refractivity contribution is 5.95. The lowest BCUT2D eigenvalue weighted by Gasteiger charge is -2.20. The van der Waals surface area contributed by atoms with Crippen LogP contribution >= 0.6 is 0 Å². The molecular formula is C11H13F3N2O2. The summed E-state index contributed by atoms with van der Waals surface area (Å²) in [5, 5.41) is 0. The molecule has 0 fully saturated rings. The Balaban J connectivity index is 3.16. The highest BCUT2D eigenvalue weighted by Crippen LogP contribution is 2.33. The summed E-state index contributed by atoms with van der Waals surface area (Å²) in [7, 11) is 0. The lowest BCUT2D eigenvalue weighted by Crippen LogP contribution is -2.25. The van der Waals surface area contributed by atoms with Crippen LogP contribution < -0.4 is 5.73 Å². The van der Waals surface area contributed by atoms with Gasteiger partial charge in [0, 0.05) is 6.20 Å². The lowest BCUT2D eigenvalue weighted by atomic mass is 10.1. The van der Waals surface area contributed by atoms with E-state index in [4.69, 9.17) is 10.5 Å². The topological polar surface area (TPSA) is 65.2 Å². The number of hydrogen-bond acceptors (Lipinski definition) is 4. The summed E-state index contributed by atoms with van der Waals surface area (Å²) in [6.07, 6.45) is -3.83. The van der Waals surface area contributed by atoms with Crippen LogP contribution in [0, 0.1) is 0 Å². The first-order valence-electron chi connectivity index (χ1n) is 5.07. The summed E-state index contributed by atoms with van der Waals surface area (Å²) >= 11 is 0. The molecule has 0 amide bonds. The molecule has 0 aliphatic carbocycles. The highest BCUT2D eigenvalue weighted by atomic mass is 19.4. The molecule has 1 aromatic heterocycles. The van der Waals surface area contributed by atoms with E-state index in [9.17, 15) is 18.0 Å². The monoisotopic (exact) mass is 262 g/mol. The fraction of sp³-hybridized carbons (Fsp3) is 0.455. The fourth-order valence-electron chi connectivity index (χ4n) is 1.21. The Morgan fingerprint density at radius 3 is 2.33 bits per heavy atom. The molecule has 0 aliphatic heterocycles. The predicted molar refractivity (Wildman–Crippen MR) is 58.8 cm³/mol. The van der Waals surface area contributed by atoms with E-state index in [0.29, 0.717) is 0 Å². The number of aromatic nitrogens is 1. The Hall–Kier alpha value is -1.79. The van der Waals surface area contributed by atoms with Crippen molar-refractivity contribution in [3.63, 3.8) is 0 Å². The van der Waals surface area contributed by atoms with Gasteiger partial charge in [0.1, 0.15) is 5.60 Å². The number of alkyl halides is 3. The van der Waals surface area contributed by atoms with E-state index in [1.54, 1.807) is 20.8 Å². The van der Waals surface area contributed by atoms with E-state index in [-0.39, 0.29) is 5.56 Å². The summed E-state index contributed by atoms with van der Waals surface area (Å²) in [4.78, 5) is 14.8. The molecule has 0 aromatic carbocycles. The molecular weight excluding hydrogens is 249 g/mol. The van der Waals surface area contributed by atoms with Crippen LogP contribution in [0.25, 0.3) is 0 Å². The van der Waals surface area contributed by atoms with E-state index in [1.165, 1.54) is 0 Å². The summed E-state index contributed by atoms with van der Waals surface area (Å²) in [5.74, 6) is -0.909. The second-order valence-corrected chi connectivity index (χ2v) is 4.62. The third-order valence-corrected chi connectivity index (χ3v) is 1.88. The second-order valence-electron chi connectivity index (χ2n) is 4.62. The Morgan fingerprint density at radius 1 is 1.33 bits per heavy atom. The average Bonchev–Trinajstić information content (AvgIpc) is 2.12. The summed E-state index contributed by atoms with van der Waals surface area (Å²) in [5.41, 5.74) is 2.14. The number of halogens is 3. The molecule has 1 heterocycles. The number of carbonyl (C=O) groups excluding carboxylic acids is 1. The van der Waals surface area contributed by atoms with Crippen LogP contribution in [0.5, 0.6) is 0 Å². The molecule has 0 aliphatic rings. The molecule has 0 radical (unpaired) electrons. The molecule has 4 nitrogen and oxygen atoms in total. The molecule has 18 heavy (non-hydrogen) atoms. The van der Waals surface area contributed by atoms with Gasteiger partial charge in [0.2, 0.25) is 0 Å². The lowest BCUT2D eigenvalue weighted by molar-refractivity contribution is -0.140. The second kappa shape index (κ2) is 4.47. The van der Waals surface area contributed by atoms with Crippen LogP contribution in [-0.4, -0.2) is 16.6 Å². The van der Waals surface area contributed by atoms with Gasteiger partial charge < -0.3 is 10.5 Å². The van der Waals surface area contributed by atoms with Gasteiger partial charge in [-0.2, -0.15) is 13.2 Å². The van der Waals surface area contributed by atoms with E-state index in [1.807, 2.05) is 0 Å². The number of anilines is 1. The third-order valence-electron chi connectivity index (χ3n) is 1.88. The SMILES string of the molecule is CC(C)(C)OC(=O)c1ccnc(C(F)(F)F)c1N. The minimum atomic E-state index is -4.71. The molecule has 1 rings (SSSR count). The van der Waals surface area contributed by atoms with Gasteiger partial charge in [-0.3, -0.25) is 0 Å². The van der Waals surface area contributed by atoms with Gasteiger partial charge in [-0.05, 0) is 26.8 Å². The maximum Gasteiger partial charge on any atom is 0.435 e. The molecule has 0 saturated carbocycles. The number of nitrogen functional groups attached to an aromatic ring is 1. The molecule has 0 unspecified atom stereocenters. The van der Waals surface area contributed by atoms with Crippen LogP contribution in [0.1, 0.15) is 36.8 Å². The molecule has 0 saturated heterocycles. The van der Waals surface area contributed by atoms with E-state index in [0.717, 1.165) is 12.3 Å². The molecule has 1 aromatic rings. The first-order valence-corrected chi connectivity index (χ1v) is 5.07. The minimum absolute atomic E-state index is 0.341. The number of nitrogens with two attached hydrogens (primary N) is 1. The standard InChI is InChI=1S/C11H13F3N2O2/c1-10(2,3)18-9(17)6-4-5-16-8(7(6)15)11(12,13)14/h4-5H,15H2,1-3H3. The van der Waals surface area contributed by atoms with Gasteiger partial charge in [0.25, 0.3) is 0 Å². The van der Waals surface area contributed by atoms with Crippen molar-refractivity contribution < 1.29 is 22.7 Å². The van der Waals surface area contributed by atoms with Crippen LogP contribution in [0.2, 0.25) is 0 Å². The molecule has 0 spiro atoms. The highest BCUT2D eigenvalue weighted by Gasteiger charge is 2.37. The van der Waals surface area contributed by atoms with Crippen molar-refractivity contribution in [2.75, 3.05) is 5.73 Å². The van der Waals surface area contributed by atoms with Gasteiger partial charge in [0.15, 0.2) is 5.69 Å². The first kappa shape index (κ1) is 14.3. The number of hydrogen-bond donors (Lipinski definition) is 1. The van der Waals surface area contributed by atoms with Crippen molar-refractivity contribution in [2.45, 2.75) is 32.5 Å². The van der Waals surface area contributed by atoms with Crippen LogP contribution in [0.4, 0.5) is 18.9 Å². The number of esters is 1. The largest absolute Gasteiger partial charge is 0.456 e. The van der Waals surface area contributed by atoms with Crippen molar-refractivity contribution in [3.8, 4) is 0 Å². The number of nitrogens with zero attached hydrogens (tertiary/aromatic N) is 1. The van der Waals surface area contributed by atoms with Crippen LogP contribution in [0.3, 0.4) is 0 Å². The zero-order valence-corrected chi connectivity index (χ0v) is 10.1. The molecule has 2 N–H and O–H groups in total. The van der Waals surface area contributed by atoms with Crippen molar-refractivity contribution in [1.29, 1.82) is 0 Å². The van der Waals surface area contributed by atoms with Crippen LogP contribution in [-0.2, 0) is 10.9 Å². The maximum absolute atomic E-state index is 12.5. The Bertz CT molecular complexity index is 464. The Morgan fingerprint density at radius 2 is 1.89 bits per heavy atom. The molecule has 0 bridgehead atoms. The predicted octanol–water partition coefficient (Wildman–Crippen LogP) is 2.64. The summed E-state index contributed by atoms with van der Waals surface area (Å²) in [6.45, 7) is 4.81. The quantitative estimate of drug-likeness (QED) is 0.790. The molecule has 0 atom stereocenters. The summed E-state index contributed by atoms with van der Waals surface area (Å²) in [6, 6.07) is 1.10. The van der Waals surface area contributed by atoms with Gasteiger partial charge in [0.05, 0.1) is 11.3 Å². The van der Waals surface area contributed by atoms with Crippen molar-refractivity contribution in [3.05, 3.63) is 23.5 Å². The smallest absolute Gasteiger partial charge is 0.435 e.